The maximum absolute atomic E-state index is 8.82. The average molecular weight is 357 g/mol. The molecule has 0 unspecified atom stereocenters. The van der Waals surface area contributed by atoms with Crippen LogP contribution >= 0.6 is 0 Å². The number of hydrogen-bond acceptors (Lipinski definition) is 2. The van der Waals surface area contributed by atoms with Gasteiger partial charge in [0.2, 0.25) is 0 Å². The highest BCUT2D eigenvalue weighted by atomic mass is 16.5. The number of rotatable bonds is 11. The van der Waals surface area contributed by atoms with Crippen LogP contribution in [0.1, 0.15) is 48.8 Å². The quantitative estimate of drug-likeness (QED) is 0.252. The highest BCUT2D eigenvalue weighted by molar-refractivity contribution is 5.70. The van der Waals surface area contributed by atoms with Gasteiger partial charge >= 0.3 is 0 Å². The topological polar surface area (TPSA) is 33.0 Å². The van der Waals surface area contributed by atoms with E-state index in [2.05, 4.69) is 36.9 Å². The predicted octanol–water partition coefficient (Wildman–Crippen LogP) is 6.80. The summed E-state index contributed by atoms with van der Waals surface area (Å²) in [6, 6.07) is 17.8. The van der Waals surface area contributed by atoms with Crippen LogP contribution in [0.4, 0.5) is 0 Å². The molecule has 2 aromatic rings. The van der Waals surface area contributed by atoms with E-state index >= 15 is 0 Å². The minimum absolute atomic E-state index is 0.679. The lowest BCUT2D eigenvalue weighted by molar-refractivity contribution is 0.304. The molecule has 0 heterocycles. The zero-order valence-corrected chi connectivity index (χ0v) is 15.8. The van der Waals surface area contributed by atoms with Gasteiger partial charge in [-0.2, -0.15) is 5.26 Å². The van der Waals surface area contributed by atoms with Gasteiger partial charge in [0.1, 0.15) is 5.75 Å². The maximum atomic E-state index is 8.82. The van der Waals surface area contributed by atoms with Crippen LogP contribution in [-0.4, -0.2) is 6.61 Å². The van der Waals surface area contributed by atoms with Crippen molar-refractivity contribution >= 4 is 12.2 Å². The molecular formula is C25H27NO. The molecule has 0 saturated heterocycles. The Labute approximate surface area is 163 Å². The summed E-state index contributed by atoms with van der Waals surface area (Å²) in [7, 11) is 0. The lowest BCUT2D eigenvalue weighted by Gasteiger charge is -2.06. The van der Waals surface area contributed by atoms with Gasteiger partial charge in [-0.3, -0.25) is 0 Å². The van der Waals surface area contributed by atoms with E-state index in [9.17, 15) is 0 Å². The molecule has 0 saturated carbocycles. The van der Waals surface area contributed by atoms with E-state index in [4.69, 9.17) is 10.00 Å². The lowest BCUT2D eigenvalue weighted by Crippen LogP contribution is -1.97. The summed E-state index contributed by atoms with van der Waals surface area (Å²) in [5.74, 6) is 0.916. The number of allylic oxidation sites excluding steroid dienone is 3. The molecule has 0 amide bonds. The van der Waals surface area contributed by atoms with Crippen molar-refractivity contribution in [1.82, 2.24) is 0 Å². The Balaban J connectivity index is 1.67. The normalized spacial score (nSPS) is 10.9. The lowest BCUT2D eigenvalue weighted by atomic mass is 10.1. The highest BCUT2D eigenvalue weighted by Crippen LogP contribution is 2.15. The third kappa shape index (κ3) is 8.25. The Bertz CT molecular complexity index is 777. The summed E-state index contributed by atoms with van der Waals surface area (Å²) in [5.41, 5.74) is 2.88. The predicted molar refractivity (Wildman–Crippen MR) is 114 cm³/mol. The molecule has 0 aliphatic carbocycles. The van der Waals surface area contributed by atoms with Gasteiger partial charge in [-0.25, -0.2) is 0 Å². The molecule has 0 aromatic heterocycles. The van der Waals surface area contributed by atoms with Crippen molar-refractivity contribution in [3.05, 3.63) is 90.0 Å². The number of nitrogens with zero attached hydrogens (tertiary/aromatic N) is 1. The van der Waals surface area contributed by atoms with E-state index in [1.165, 1.54) is 19.3 Å². The largest absolute Gasteiger partial charge is 0.494 e. The molecule has 2 nitrogen and oxygen atoms in total. The summed E-state index contributed by atoms with van der Waals surface area (Å²) in [6.45, 7) is 4.43. The van der Waals surface area contributed by atoms with Gasteiger partial charge in [-0.05, 0) is 54.7 Å². The third-order valence-electron chi connectivity index (χ3n) is 4.19. The van der Waals surface area contributed by atoms with Crippen LogP contribution < -0.4 is 4.74 Å². The van der Waals surface area contributed by atoms with Crippen LogP contribution in [0, 0.1) is 11.3 Å². The standard InChI is InChI=1S/C25H27NO/c1-2-3-4-5-6-7-8-9-20-27-25-18-16-23(17-19-25)11-10-22-12-14-24(21-26)15-13-22/h2-4,10-19H,1,5-9,20H2/b4-3+,11-10+. The average Bonchev–Trinajstić information content (AvgIpc) is 2.72. The second-order valence-electron chi connectivity index (χ2n) is 6.35. The number of ether oxygens (including phenoxy) is 1. The molecule has 2 heteroatoms. The van der Waals surface area contributed by atoms with Crippen molar-refractivity contribution in [2.24, 2.45) is 0 Å². The number of nitriles is 1. The van der Waals surface area contributed by atoms with E-state index in [1.807, 2.05) is 54.6 Å². The second kappa shape index (κ2) is 12.3. The fourth-order valence-electron chi connectivity index (χ4n) is 2.64. The smallest absolute Gasteiger partial charge is 0.119 e. The fourth-order valence-corrected chi connectivity index (χ4v) is 2.64. The van der Waals surface area contributed by atoms with E-state index < -0.39 is 0 Å². The molecule has 0 radical (unpaired) electrons. The zero-order valence-electron chi connectivity index (χ0n) is 15.8. The third-order valence-corrected chi connectivity index (χ3v) is 4.19. The number of hydrogen-bond donors (Lipinski definition) is 0. The van der Waals surface area contributed by atoms with Crippen molar-refractivity contribution < 1.29 is 4.74 Å². The molecule has 0 atom stereocenters. The van der Waals surface area contributed by atoms with Gasteiger partial charge in [0, 0.05) is 0 Å². The molecule has 0 bridgehead atoms. The summed E-state index contributed by atoms with van der Waals surface area (Å²) in [4.78, 5) is 0. The first-order valence-electron chi connectivity index (χ1n) is 9.50. The van der Waals surface area contributed by atoms with Gasteiger partial charge in [-0.1, -0.05) is 74.1 Å². The van der Waals surface area contributed by atoms with Crippen LogP contribution in [0.15, 0.2) is 73.3 Å². The van der Waals surface area contributed by atoms with Gasteiger partial charge in [0.25, 0.3) is 0 Å². The summed E-state index contributed by atoms with van der Waals surface area (Å²) in [6.07, 6.45) is 16.0. The van der Waals surface area contributed by atoms with Crippen LogP contribution in [0.5, 0.6) is 5.75 Å². The molecule has 27 heavy (non-hydrogen) atoms. The van der Waals surface area contributed by atoms with E-state index in [-0.39, 0.29) is 0 Å². The number of unbranched alkanes of at least 4 members (excludes halogenated alkanes) is 4. The van der Waals surface area contributed by atoms with E-state index in [0.29, 0.717) is 5.56 Å². The minimum Gasteiger partial charge on any atom is -0.494 e. The first-order valence-corrected chi connectivity index (χ1v) is 9.50. The Kier molecular flexibility index (Phi) is 9.25. The summed E-state index contributed by atoms with van der Waals surface area (Å²) < 4.78 is 5.81. The van der Waals surface area contributed by atoms with E-state index in [0.717, 1.165) is 36.3 Å². The van der Waals surface area contributed by atoms with Crippen LogP contribution in [-0.2, 0) is 0 Å². The molecule has 0 spiro atoms. The Morgan fingerprint density at radius 1 is 0.852 bits per heavy atom. The van der Waals surface area contributed by atoms with Crippen LogP contribution in [0.25, 0.3) is 12.2 Å². The van der Waals surface area contributed by atoms with Crippen LogP contribution in [0.3, 0.4) is 0 Å². The Morgan fingerprint density at radius 3 is 2.11 bits per heavy atom. The van der Waals surface area contributed by atoms with Gasteiger partial charge < -0.3 is 4.74 Å². The molecular weight excluding hydrogens is 330 g/mol. The molecule has 0 aliphatic heterocycles. The van der Waals surface area contributed by atoms with Gasteiger partial charge in [0.15, 0.2) is 0 Å². The van der Waals surface area contributed by atoms with Crippen molar-refractivity contribution in [3.63, 3.8) is 0 Å². The summed E-state index contributed by atoms with van der Waals surface area (Å²) in [5, 5.41) is 8.82. The highest BCUT2D eigenvalue weighted by Gasteiger charge is 1.95. The monoisotopic (exact) mass is 357 g/mol. The molecule has 0 fully saturated rings. The molecule has 2 aromatic carbocycles. The van der Waals surface area contributed by atoms with E-state index in [1.54, 1.807) is 0 Å². The maximum Gasteiger partial charge on any atom is 0.119 e. The van der Waals surface area contributed by atoms with Gasteiger partial charge in [0.05, 0.1) is 18.2 Å². The second-order valence-corrected chi connectivity index (χ2v) is 6.35. The summed E-state index contributed by atoms with van der Waals surface area (Å²) >= 11 is 0. The first-order chi connectivity index (χ1) is 13.3. The zero-order chi connectivity index (χ0) is 19.2. The van der Waals surface area contributed by atoms with Gasteiger partial charge in [-0.15, -0.1) is 0 Å². The molecule has 0 aliphatic rings. The molecule has 2 rings (SSSR count). The van der Waals surface area contributed by atoms with Crippen molar-refractivity contribution in [3.8, 4) is 11.8 Å². The fraction of sp³-hybridized carbons (Fsp3) is 0.240. The van der Waals surface area contributed by atoms with Crippen LogP contribution in [0.2, 0.25) is 0 Å². The Morgan fingerprint density at radius 2 is 1.48 bits per heavy atom. The molecule has 138 valence electrons. The van der Waals surface area contributed by atoms with Crippen molar-refractivity contribution in [2.45, 2.75) is 32.1 Å². The van der Waals surface area contributed by atoms with Crippen molar-refractivity contribution in [1.29, 1.82) is 5.26 Å². The number of benzene rings is 2. The molecule has 0 N–H and O–H groups in total. The van der Waals surface area contributed by atoms with Crippen molar-refractivity contribution in [2.75, 3.05) is 6.61 Å². The first kappa shape index (κ1) is 20.3. The SMILES string of the molecule is C=C/C=C/CCCCCCOc1ccc(/C=C/c2ccc(C#N)cc2)cc1. The Hall–Kier alpha value is -3.05. The minimum atomic E-state index is 0.679.